The Morgan fingerprint density at radius 1 is 1.41 bits per heavy atom. The molecule has 17 heavy (non-hydrogen) atoms. The van der Waals surface area contributed by atoms with Crippen molar-refractivity contribution in [1.29, 1.82) is 0 Å². The molecule has 2 aromatic heterocycles. The van der Waals surface area contributed by atoms with Crippen molar-refractivity contribution in [2.75, 3.05) is 0 Å². The van der Waals surface area contributed by atoms with E-state index >= 15 is 0 Å². The monoisotopic (exact) mass is 230 g/mol. The first-order valence-electron chi connectivity index (χ1n) is 5.81. The molecule has 0 bridgehead atoms. The average Bonchev–Trinajstić information content (AvgIpc) is 3.13. The Labute approximate surface area is 98.7 Å². The van der Waals surface area contributed by atoms with Gasteiger partial charge >= 0.3 is 5.69 Å². The molecule has 0 unspecified atom stereocenters. The first-order chi connectivity index (χ1) is 8.25. The molecule has 0 spiro atoms. The Kier molecular flexibility index (Phi) is 2.31. The second-order valence-corrected chi connectivity index (χ2v) is 4.51. The number of aromatic nitrogens is 4. The molecule has 0 saturated heterocycles. The van der Waals surface area contributed by atoms with Crippen LogP contribution in [0.1, 0.15) is 12.8 Å². The average molecular weight is 230 g/mol. The Balaban J connectivity index is 2.02. The van der Waals surface area contributed by atoms with Crippen molar-refractivity contribution in [3.05, 3.63) is 34.9 Å². The van der Waals surface area contributed by atoms with E-state index in [4.69, 9.17) is 0 Å². The van der Waals surface area contributed by atoms with E-state index in [1.807, 2.05) is 18.2 Å². The van der Waals surface area contributed by atoms with Crippen LogP contribution in [0.2, 0.25) is 0 Å². The Morgan fingerprint density at radius 2 is 2.24 bits per heavy atom. The van der Waals surface area contributed by atoms with Gasteiger partial charge in [0.15, 0.2) is 5.82 Å². The highest BCUT2D eigenvalue weighted by molar-refractivity contribution is 5.48. The van der Waals surface area contributed by atoms with Crippen molar-refractivity contribution in [1.82, 2.24) is 19.3 Å². The van der Waals surface area contributed by atoms with E-state index in [1.165, 1.54) is 12.8 Å². The van der Waals surface area contributed by atoms with Crippen molar-refractivity contribution in [3.63, 3.8) is 0 Å². The lowest BCUT2D eigenvalue weighted by Gasteiger charge is -1.96. The van der Waals surface area contributed by atoms with Crippen LogP contribution in [0.15, 0.2) is 29.2 Å². The van der Waals surface area contributed by atoms with E-state index in [1.54, 1.807) is 22.5 Å². The summed E-state index contributed by atoms with van der Waals surface area (Å²) in [6.07, 6.45) is 4.13. The van der Waals surface area contributed by atoms with E-state index in [2.05, 4.69) is 10.1 Å². The van der Waals surface area contributed by atoms with Gasteiger partial charge in [0, 0.05) is 19.8 Å². The van der Waals surface area contributed by atoms with Gasteiger partial charge in [-0.15, -0.1) is 5.10 Å². The minimum absolute atomic E-state index is 0.0578. The summed E-state index contributed by atoms with van der Waals surface area (Å²) in [4.78, 5) is 16.2. The third kappa shape index (κ3) is 1.88. The standard InChI is InChI=1S/C12H14N4O/c1-15-11(10-4-2-3-7-13-10)14-16(12(15)17)8-9-5-6-9/h2-4,7,9H,5-6,8H2,1H3. The molecule has 88 valence electrons. The first kappa shape index (κ1) is 10.3. The van der Waals surface area contributed by atoms with Gasteiger partial charge in [0.25, 0.3) is 0 Å². The van der Waals surface area contributed by atoms with Crippen LogP contribution >= 0.6 is 0 Å². The normalized spacial score (nSPS) is 15.1. The van der Waals surface area contributed by atoms with Crippen molar-refractivity contribution in [2.24, 2.45) is 13.0 Å². The minimum atomic E-state index is -0.0578. The van der Waals surface area contributed by atoms with Crippen LogP contribution < -0.4 is 5.69 Å². The molecule has 2 heterocycles. The van der Waals surface area contributed by atoms with Crippen LogP contribution in [-0.4, -0.2) is 19.3 Å². The molecule has 0 aliphatic heterocycles. The molecule has 1 fully saturated rings. The second-order valence-electron chi connectivity index (χ2n) is 4.51. The molecule has 5 nitrogen and oxygen atoms in total. The topological polar surface area (TPSA) is 52.7 Å². The van der Waals surface area contributed by atoms with Crippen molar-refractivity contribution < 1.29 is 0 Å². The van der Waals surface area contributed by atoms with Crippen molar-refractivity contribution in [2.45, 2.75) is 19.4 Å². The van der Waals surface area contributed by atoms with Gasteiger partial charge < -0.3 is 0 Å². The second kappa shape index (κ2) is 3.84. The summed E-state index contributed by atoms with van der Waals surface area (Å²) in [6, 6.07) is 5.61. The van der Waals surface area contributed by atoms with Gasteiger partial charge in [0.1, 0.15) is 5.69 Å². The summed E-state index contributed by atoms with van der Waals surface area (Å²) in [6.45, 7) is 0.736. The van der Waals surface area contributed by atoms with Gasteiger partial charge in [-0.05, 0) is 30.9 Å². The van der Waals surface area contributed by atoms with E-state index < -0.39 is 0 Å². The summed E-state index contributed by atoms with van der Waals surface area (Å²) in [5.41, 5.74) is 0.680. The van der Waals surface area contributed by atoms with Crippen molar-refractivity contribution in [3.8, 4) is 11.5 Å². The zero-order valence-corrected chi connectivity index (χ0v) is 9.71. The maximum absolute atomic E-state index is 12.0. The zero-order valence-electron chi connectivity index (χ0n) is 9.71. The van der Waals surface area contributed by atoms with Gasteiger partial charge in [-0.2, -0.15) is 0 Å². The van der Waals surface area contributed by atoms with Crippen LogP contribution in [0, 0.1) is 5.92 Å². The summed E-state index contributed by atoms with van der Waals surface area (Å²) in [5.74, 6) is 1.27. The number of rotatable bonds is 3. The molecule has 1 aliphatic carbocycles. The third-order valence-electron chi connectivity index (χ3n) is 3.06. The summed E-state index contributed by atoms with van der Waals surface area (Å²) in [5, 5.41) is 4.36. The number of pyridine rings is 1. The molecule has 0 radical (unpaired) electrons. The van der Waals surface area contributed by atoms with E-state index in [-0.39, 0.29) is 5.69 Å². The molecule has 0 atom stereocenters. The van der Waals surface area contributed by atoms with Gasteiger partial charge in [-0.25, -0.2) is 9.48 Å². The van der Waals surface area contributed by atoms with E-state index in [0.29, 0.717) is 11.7 Å². The summed E-state index contributed by atoms with van der Waals surface area (Å²) in [7, 11) is 1.74. The molecule has 3 rings (SSSR count). The van der Waals surface area contributed by atoms with Crippen molar-refractivity contribution >= 4 is 0 Å². The molecule has 0 N–H and O–H groups in total. The quantitative estimate of drug-likeness (QED) is 0.792. The van der Waals surface area contributed by atoms with Gasteiger partial charge in [0.2, 0.25) is 0 Å². The maximum Gasteiger partial charge on any atom is 0.345 e. The molecule has 0 amide bonds. The zero-order chi connectivity index (χ0) is 11.8. The summed E-state index contributed by atoms with van der Waals surface area (Å²) >= 11 is 0. The number of hydrogen-bond acceptors (Lipinski definition) is 3. The lowest BCUT2D eigenvalue weighted by molar-refractivity contribution is 0.539. The van der Waals surface area contributed by atoms with Gasteiger partial charge in [0.05, 0.1) is 0 Å². The Hall–Kier alpha value is -1.91. The largest absolute Gasteiger partial charge is 0.345 e. The molecular weight excluding hydrogens is 216 g/mol. The van der Waals surface area contributed by atoms with Crippen LogP contribution in [0.25, 0.3) is 11.5 Å². The highest BCUT2D eigenvalue weighted by atomic mass is 16.2. The number of hydrogen-bond donors (Lipinski definition) is 0. The molecular formula is C12H14N4O. The highest BCUT2D eigenvalue weighted by Crippen LogP contribution is 2.30. The fourth-order valence-electron chi connectivity index (χ4n) is 1.87. The summed E-state index contributed by atoms with van der Waals surface area (Å²) < 4.78 is 3.12. The first-order valence-corrected chi connectivity index (χ1v) is 5.81. The van der Waals surface area contributed by atoms with Crippen LogP contribution in [0.4, 0.5) is 0 Å². The van der Waals surface area contributed by atoms with Crippen LogP contribution in [0.5, 0.6) is 0 Å². The SMILES string of the molecule is Cn1c(-c2ccccn2)nn(CC2CC2)c1=O. The molecule has 2 aromatic rings. The molecule has 5 heteroatoms. The van der Waals surface area contributed by atoms with E-state index in [0.717, 1.165) is 12.2 Å². The predicted octanol–water partition coefficient (Wildman–Crippen LogP) is 1.05. The Morgan fingerprint density at radius 3 is 2.88 bits per heavy atom. The van der Waals surface area contributed by atoms with Crippen LogP contribution in [-0.2, 0) is 13.6 Å². The third-order valence-corrected chi connectivity index (χ3v) is 3.06. The molecule has 1 saturated carbocycles. The Bertz CT molecular complexity index is 580. The molecule has 0 aromatic carbocycles. The van der Waals surface area contributed by atoms with E-state index in [9.17, 15) is 4.79 Å². The minimum Gasteiger partial charge on any atom is -0.277 e. The van der Waals surface area contributed by atoms with Crippen LogP contribution in [0.3, 0.4) is 0 Å². The van der Waals surface area contributed by atoms with Gasteiger partial charge in [-0.3, -0.25) is 9.55 Å². The fourth-order valence-corrected chi connectivity index (χ4v) is 1.87. The number of nitrogens with zero attached hydrogens (tertiary/aromatic N) is 4. The molecule has 1 aliphatic rings. The predicted molar refractivity (Wildman–Crippen MR) is 63.4 cm³/mol. The lowest BCUT2D eigenvalue weighted by atomic mass is 10.3. The fraction of sp³-hybridized carbons (Fsp3) is 0.417. The lowest BCUT2D eigenvalue weighted by Crippen LogP contribution is -2.23. The highest BCUT2D eigenvalue weighted by Gasteiger charge is 2.24. The smallest absolute Gasteiger partial charge is 0.277 e. The van der Waals surface area contributed by atoms with Gasteiger partial charge in [-0.1, -0.05) is 6.07 Å². The maximum atomic E-state index is 12.0.